The molecule has 1 N–H and O–H groups in total. The van der Waals surface area contributed by atoms with Gasteiger partial charge in [-0.25, -0.2) is 4.79 Å². The minimum Gasteiger partial charge on any atom is -0.278 e. The van der Waals surface area contributed by atoms with Gasteiger partial charge in [-0.2, -0.15) is 0 Å². The monoisotopic (exact) mass is 344 g/mol. The summed E-state index contributed by atoms with van der Waals surface area (Å²) in [5, 5.41) is 2.81. The van der Waals surface area contributed by atoms with Crippen molar-refractivity contribution in [3.8, 4) is 0 Å². The van der Waals surface area contributed by atoms with Gasteiger partial charge in [-0.05, 0) is 30.2 Å². The van der Waals surface area contributed by atoms with Crippen molar-refractivity contribution in [2.75, 3.05) is 0 Å². The number of hydrogen-bond acceptors (Lipinski definition) is 3. The average Bonchev–Trinajstić information content (AvgIpc) is 2.60. The summed E-state index contributed by atoms with van der Waals surface area (Å²) in [4.78, 5) is 36.4. The second-order valence-corrected chi connectivity index (χ2v) is 5.72. The maximum absolute atomic E-state index is 12.2. The molecular formula is C18H17ClN2O3. The molecule has 0 saturated carbocycles. The van der Waals surface area contributed by atoms with Gasteiger partial charge in [-0.15, -0.1) is 0 Å². The summed E-state index contributed by atoms with van der Waals surface area (Å²) >= 11 is 5.82. The van der Waals surface area contributed by atoms with Crippen LogP contribution in [0.2, 0.25) is 5.02 Å². The van der Waals surface area contributed by atoms with E-state index < -0.39 is 17.9 Å². The summed E-state index contributed by atoms with van der Waals surface area (Å²) in [6, 6.07) is 15.1. The van der Waals surface area contributed by atoms with Gasteiger partial charge in [0.2, 0.25) is 12.3 Å². The number of hydrogen-bond donors (Lipinski definition) is 1. The molecule has 0 saturated heterocycles. The van der Waals surface area contributed by atoms with E-state index in [4.69, 9.17) is 11.6 Å². The Morgan fingerprint density at radius 2 is 1.75 bits per heavy atom. The summed E-state index contributed by atoms with van der Waals surface area (Å²) in [5.41, 5.74) is 1.52. The lowest BCUT2D eigenvalue weighted by Crippen LogP contribution is -2.43. The number of amides is 4. The molecule has 1 unspecified atom stereocenters. The summed E-state index contributed by atoms with van der Waals surface area (Å²) < 4.78 is 0. The quantitative estimate of drug-likeness (QED) is 0.846. The standard InChI is InChI=1S/C18H17ClN2O3/c1-13(15-7-9-16(19)10-8-15)17(23)20-18(24)21(12-22)11-14-5-3-2-4-6-14/h2-10,12-13H,11H2,1H3,(H,20,23,24). The van der Waals surface area contributed by atoms with Gasteiger partial charge in [0.25, 0.3) is 0 Å². The van der Waals surface area contributed by atoms with E-state index in [1.54, 1.807) is 43.3 Å². The van der Waals surface area contributed by atoms with Crippen LogP contribution in [0.1, 0.15) is 24.0 Å². The predicted molar refractivity (Wildman–Crippen MR) is 91.5 cm³/mol. The zero-order valence-electron chi connectivity index (χ0n) is 13.1. The van der Waals surface area contributed by atoms with Crippen molar-refractivity contribution in [3.05, 3.63) is 70.7 Å². The third-order valence-electron chi connectivity index (χ3n) is 3.58. The molecule has 2 aromatic carbocycles. The van der Waals surface area contributed by atoms with Gasteiger partial charge in [0.05, 0.1) is 12.5 Å². The van der Waals surface area contributed by atoms with Crippen LogP contribution in [0.3, 0.4) is 0 Å². The molecule has 6 heteroatoms. The molecule has 24 heavy (non-hydrogen) atoms. The highest BCUT2D eigenvalue weighted by molar-refractivity contribution is 6.30. The molecule has 0 aliphatic heterocycles. The van der Waals surface area contributed by atoms with E-state index in [1.165, 1.54) is 0 Å². The molecule has 0 radical (unpaired) electrons. The first kappa shape index (κ1) is 17.7. The molecule has 0 aromatic heterocycles. The molecule has 124 valence electrons. The number of nitrogens with zero attached hydrogens (tertiary/aromatic N) is 1. The van der Waals surface area contributed by atoms with Crippen LogP contribution in [-0.2, 0) is 16.1 Å². The first-order valence-corrected chi connectivity index (χ1v) is 7.75. The molecule has 2 aromatic rings. The fraction of sp³-hybridized carbons (Fsp3) is 0.167. The maximum atomic E-state index is 12.2. The molecule has 0 heterocycles. The Balaban J connectivity index is 1.99. The van der Waals surface area contributed by atoms with Crippen LogP contribution in [0.4, 0.5) is 4.79 Å². The Bertz CT molecular complexity index is 717. The SMILES string of the molecule is CC(C(=O)NC(=O)N(C=O)Cc1ccccc1)c1ccc(Cl)cc1. The molecular weight excluding hydrogens is 328 g/mol. The average molecular weight is 345 g/mol. The lowest BCUT2D eigenvalue weighted by molar-refractivity contribution is -0.121. The summed E-state index contributed by atoms with van der Waals surface area (Å²) in [7, 11) is 0. The van der Waals surface area contributed by atoms with Crippen LogP contribution < -0.4 is 5.32 Å². The van der Waals surface area contributed by atoms with E-state index in [1.807, 2.05) is 18.2 Å². The van der Waals surface area contributed by atoms with Crippen LogP contribution in [0.25, 0.3) is 0 Å². The minimum atomic E-state index is -0.750. The third-order valence-corrected chi connectivity index (χ3v) is 3.83. The summed E-state index contributed by atoms with van der Waals surface area (Å²) in [6.45, 7) is 1.77. The Morgan fingerprint density at radius 3 is 2.33 bits per heavy atom. The normalized spacial score (nSPS) is 11.4. The molecule has 0 spiro atoms. The van der Waals surface area contributed by atoms with Crippen LogP contribution in [0, 0.1) is 0 Å². The molecule has 0 aliphatic rings. The second kappa shape index (κ2) is 8.26. The van der Waals surface area contributed by atoms with Crippen molar-refractivity contribution in [1.29, 1.82) is 0 Å². The summed E-state index contributed by atoms with van der Waals surface area (Å²) in [5.74, 6) is -1.03. The number of halogens is 1. The lowest BCUT2D eigenvalue weighted by atomic mass is 10.0. The molecule has 4 amide bonds. The van der Waals surface area contributed by atoms with Crippen molar-refractivity contribution in [2.24, 2.45) is 0 Å². The highest BCUT2D eigenvalue weighted by atomic mass is 35.5. The predicted octanol–water partition coefficient (Wildman–Crippen LogP) is 3.34. The van der Waals surface area contributed by atoms with E-state index in [0.717, 1.165) is 16.0 Å². The number of urea groups is 1. The van der Waals surface area contributed by atoms with E-state index >= 15 is 0 Å². The van der Waals surface area contributed by atoms with Crippen LogP contribution in [0.15, 0.2) is 54.6 Å². The lowest BCUT2D eigenvalue weighted by Gasteiger charge is -2.18. The van der Waals surface area contributed by atoms with E-state index in [-0.39, 0.29) is 6.54 Å². The summed E-state index contributed by atoms with van der Waals surface area (Å²) in [6.07, 6.45) is 0.405. The largest absolute Gasteiger partial charge is 0.330 e. The van der Waals surface area contributed by atoms with Crippen molar-refractivity contribution in [3.63, 3.8) is 0 Å². The maximum Gasteiger partial charge on any atom is 0.330 e. The van der Waals surface area contributed by atoms with Gasteiger partial charge < -0.3 is 0 Å². The van der Waals surface area contributed by atoms with Gasteiger partial charge >= 0.3 is 6.03 Å². The van der Waals surface area contributed by atoms with Crippen molar-refractivity contribution in [1.82, 2.24) is 10.2 Å². The fourth-order valence-electron chi connectivity index (χ4n) is 2.13. The van der Waals surface area contributed by atoms with Gasteiger partial charge in [-0.3, -0.25) is 19.8 Å². The number of imide groups is 2. The van der Waals surface area contributed by atoms with E-state index in [2.05, 4.69) is 5.32 Å². The van der Waals surface area contributed by atoms with Crippen LogP contribution >= 0.6 is 11.6 Å². The minimum absolute atomic E-state index is 0.0960. The highest BCUT2D eigenvalue weighted by Crippen LogP contribution is 2.18. The van der Waals surface area contributed by atoms with Crippen molar-refractivity contribution in [2.45, 2.75) is 19.4 Å². The van der Waals surface area contributed by atoms with Gasteiger partial charge in [0, 0.05) is 5.02 Å². The van der Waals surface area contributed by atoms with E-state index in [9.17, 15) is 14.4 Å². The molecule has 0 aliphatic carbocycles. The number of benzene rings is 2. The smallest absolute Gasteiger partial charge is 0.278 e. The zero-order valence-corrected chi connectivity index (χ0v) is 13.9. The van der Waals surface area contributed by atoms with Crippen LogP contribution in [0.5, 0.6) is 0 Å². The Hall–Kier alpha value is -2.66. The Kier molecular flexibility index (Phi) is 6.09. The van der Waals surface area contributed by atoms with Crippen LogP contribution in [-0.4, -0.2) is 23.2 Å². The van der Waals surface area contributed by atoms with Gasteiger partial charge in [0.1, 0.15) is 0 Å². The molecule has 2 rings (SSSR count). The number of carbonyl (C=O) groups excluding carboxylic acids is 3. The second-order valence-electron chi connectivity index (χ2n) is 5.29. The Morgan fingerprint density at radius 1 is 1.12 bits per heavy atom. The number of carbonyl (C=O) groups is 3. The van der Waals surface area contributed by atoms with Gasteiger partial charge in [0.15, 0.2) is 0 Å². The molecule has 1 atom stereocenters. The van der Waals surface area contributed by atoms with Crippen molar-refractivity contribution < 1.29 is 14.4 Å². The molecule has 0 fully saturated rings. The zero-order chi connectivity index (χ0) is 17.5. The van der Waals surface area contributed by atoms with Crippen molar-refractivity contribution >= 4 is 29.9 Å². The fourth-order valence-corrected chi connectivity index (χ4v) is 2.25. The van der Waals surface area contributed by atoms with Gasteiger partial charge in [-0.1, -0.05) is 54.1 Å². The third kappa shape index (κ3) is 4.67. The number of rotatable bonds is 5. The number of nitrogens with one attached hydrogen (secondary N) is 1. The first-order chi connectivity index (χ1) is 11.5. The molecule has 5 nitrogen and oxygen atoms in total. The Labute approximate surface area is 145 Å². The highest BCUT2D eigenvalue weighted by Gasteiger charge is 2.21. The first-order valence-electron chi connectivity index (χ1n) is 7.37. The van der Waals surface area contributed by atoms with E-state index in [0.29, 0.717) is 11.4 Å². The molecule has 0 bridgehead atoms. The topological polar surface area (TPSA) is 66.5 Å².